The number of aliphatic hydroxyl groups excluding tert-OH is 2. The highest BCUT2D eigenvalue weighted by molar-refractivity contribution is 5.82. The van der Waals surface area contributed by atoms with E-state index in [0.717, 1.165) is 4.57 Å². The molecule has 1 aliphatic rings. The van der Waals surface area contributed by atoms with E-state index in [9.17, 15) is 19.5 Å². The SMILES string of the molecule is CCOC(=O)/C=C/C=C/c1cn([C@H]2C[C@H](O)[C@@H](CO)O2)c(=O)[nH]c1=O. The first kappa shape index (κ1) is 18.8. The van der Waals surface area contributed by atoms with Gasteiger partial charge in [-0.2, -0.15) is 0 Å². The fraction of sp³-hybridized carbons (Fsp3) is 0.438. The number of hydrogen-bond acceptors (Lipinski definition) is 7. The predicted octanol–water partition coefficient (Wildman–Crippen LogP) is -0.690. The van der Waals surface area contributed by atoms with Crippen LogP contribution in [0.4, 0.5) is 0 Å². The van der Waals surface area contributed by atoms with Crippen LogP contribution in [0.3, 0.4) is 0 Å². The number of ether oxygens (including phenoxy) is 2. The summed E-state index contributed by atoms with van der Waals surface area (Å²) in [6, 6.07) is 0. The fourth-order valence-corrected chi connectivity index (χ4v) is 2.37. The zero-order chi connectivity index (χ0) is 18.4. The van der Waals surface area contributed by atoms with Crippen LogP contribution in [0.5, 0.6) is 0 Å². The summed E-state index contributed by atoms with van der Waals surface area (Å²) < 4.78 is 11.3. The van der Waals surface area contributed by atoms with E-state index in [4.69, 9.17) is 14.6 Å². The van der Waals surface area contributed by atoms with Crippen LogP contribution in [0.1, 0.15) is 25.1 Å². The van der Waals surface area contributed by atoms with Crippen LogP contribution in [-0.4, -0.2) is 51.2 Å². The molecule has 1 saturated heterocycles. The van der Waals surface area contributed by atoms with Gasteiger partial charge in [0.05, 0.1) is 24.9 Å². The molecule has 25 heavy (non-hydrogen) atoms. The Morgan fingerprint density at radius 1 is 1.48 bits per heavy atom. The normalized spacial score (nSPS) is 23.6. The van der Waals surface area contributed by atoms with Crippen LogP contribution in [0.25, 0.3) is 6.08 Å². The molecule has 0 spiro atoms. The highest BCUT2D eigenvalue weighted by atomic mass is 16.5. The monoisotopic (exact) mass is 352 g/mol. The predicted molar refractivity (Wildman–Crippen MR) is 87.7 cm³/mol. The molecule has 2 heterocycles. The highest BCUT2D eigenvalue weighted by Crippen LogP contribution is 2.27. The summed E-state index contributed by atoms with van der Waals surface area (Å²) in [6.07, 6.45) is 4.42. The van der Waals surface area contributed by atoms with Crippen LogP contribution in [0.15, 0.2) is 34.0 Å². The maximum Gasteiger partial charge on any atom is 0.330 e. The van der Waals surface area contributed by atoms with Crippen LogP contribution in [-0.2, 0) is 14.3 Å². The first-order valence-electron chi connectivity index (χ1n) is 7.77. The lowest BCUT2D eigenvalue weighted by molar-refractivity contribution is -0.137. The third-order valence-electron chi connectivity index (χ3n) is 3.60. The number of carbonyl (C=O) groups is 1. The van der Waals surface area contributed by atoms with Gasteiger partial charge in [0, 0.05) is 18.7 Å². The smallest absolute Gasteiger partial charge is 0.330 e. The van der Waals surface area contributed by atoms with Crippen molar-refractivity contribution in [3.05, 3.63) is 50.8 Å². The molecule has 1 fully saturated rings. The van der Waals surface area contributed by atoms with Crippen molar-refractivity contribution in [2.24, 2.45) is 0 Å². The van der Waals surface area contributed by atoms with E-state index in [2.05, 4.69) is 4.98 Å². The van der Waals surface area contributed by atoms with Crippen LogP contribution >= 0.6 is 0 Å². The van der Waals surface area contributed by atoms with Gasteiger partial charge < -0.3 is 19.7 Å². The molecule has 1 aliphatic heterocycles. The number of nitrogens with one attached hydrogen (secondary N) is 1. The van der Waals surface area contributed by atoms with Gasteiger partial charge in [0.25, 0.3) is 5.56 Å². The second kappa shape index (κ2) is 8.56. The molecule has 0 amide bonds. The molecule has 1 aromatic rings. The lowest BCUT2D eigenvalue weighted by Gasteiger charge is -2.14. The molecule has 9 heteroatoms. The first-order chi connectivity index (χ1) is 12.0. The molecule has 3 atom stereocenters. The van der Waals surface area contributed by atoms with Crippen molar-refractivity contribution in [3.8, 4) is 0 Å². The van der Waals surface area contributed by atoms with E-state index in [1.165, 1.54) is 30.5 Å². The number of esters is 1. The minimum absolute atomic E-state index is 0.114. The van der Waals surface area contributed by atoms with Gasteiger partial charge in [-0.25, -0.2) is 9.59 Å². The fourth-order valence-electron chi connectivity index (χ4n) is 2.37. The van der Waals surface area contributed by atoms with Crippen molar-refractivity contribution in [2.45, 2.75) is 31.8 Å². The third kappa shape index (κ3) is 4.75. The quantitative estimate of drug-likeness (QED) is 0.351. The van der Waals surface area contributed by atoms with E-state index in [-0.39, 0.29) is 25.2 Å². The Morgan fingerprint density at radius 3 is 2.88 bits per heavy atom. The second-order valence-corrected chi connectivity index (χ2v) is 5.34. The number of hydrogen-bond donors (Lipinski definition) is 3. The van der Waals surface area contributed by atoms with Gasteiger partial charge in [-0.15, -0.1) is 0 Å². The van der Waals surface area contributed by atoms with E-state index in [0.29, 0.717) is 0 Å². The summed E-state index contributed by atoms with van der Waals surface area (Å²) in [5, 5.41) is 18.9. The molecular formula is C16H20N2O7. The van der Waals surface area contributed by atoms with Gasteiger partial charge in [0.1, 0.15) is 12.3 Å². The van der Waals surface area contributed by atoms with E-state index in [1.54, 1.807) is 6.92 Å². The van der Waals surface area contributed by atoms with Crippen molar-refractivity contribution in [3.63, 3.8) is 0 Å². The third-order valence-corrected chi connectivity index (χ3v) is 3.60. The lowest BCUT2D eigenvalue weighted by Crippen LogP contribution is -2.33. The summed E-state index contributed by atoms with van der Waals surface area (Å²) in [5.41, 5.74) is -1.11. The van der Waals surface area contributed by atoms with Crippen LogP contribution in [0.2, 0.25) is 0 Å². The number of nitrogens with zero attached hydrogens (tertiary/aromatic N) is 1. The van der Waals surface area contributed by atoms with Gasteiger partial charge in [-0.1, -0.05) is 12.2 Å². The van der Waals surface area contributed by atoms with Crippen LogP contribution in [0, 0.1) is 0 Å². The minimum Gasteiger partial charge on any atom is -0.463 e. The zero-order valence-electron chi connectivity index (χ0n) is 13.6. The van der Waals surface area contributed by atoms with Gasteiger partial charge >= 0.3 is 11.7 Å². The standard InChI is InChI=1S/C16H20N2O7/c1-2-24-14(21)6-4-3-5-10-8-18(16(23)17-15(10)22)13-7-11(20)12(9-19)25-13/h3-6,8,11-13,19-20H,2,7,9H2,1H3,(H,17,22,23)/b5-3+,6-4+/t11-,12+,13+/m0/s1. The summed E-state index contributed by atoms with van der Waals surface area (Å²) in [4.78, 5) is 37.1. The number of H-pyrrole nitrogens is 1. The van der Waals surface area contributed by atoms with Gasteiger partial charge in [-0.3, -0.25) is 14.3 Å². The number of aliphatic hydroxyl groups is 2. The van der Waals surface area contributed by atoms with Gasteiger partial charge in [0.15, 0.2) is 0 Å². The van der Waals surface area contributed by atoms with Crippen molar-refractivity contribution >= 4 is 12.0 Å². The summed E-state index contributed by atoms with van der Waals surface area (Å²) in [6.45, 7) is 1.58. The van der Waals surface area contributed by atoms with E-state index >= 15 is 0 Å². The Balaban J connectivity index is 2.19. The Morgan fingerprint density at radius 2 is 2.24 bits per heavy atom. The average molecular weight is 352 g/mol. The molecule has 136 valence electrons. The van der Waals surface area contributed by atoms with Gasteiger partial charge in [-0.05, 0) is 13.0 Å². The molecule has 9 nitrogen and oxygen atoms in total. The molecule has 0 aliphatic carbocycles. The summed E-state index contributed by atoms with van der Waals surface area (Å²) in [7, 11) is 0. The number of allylic oxidation sites excluding steroid dienone is 2. The largest absolute Gasteiger partial charge is 0.463 e. The van der Waals surface area contributed by atoms with E-state index in [1.807, 2.05) is 0 Å². The highest BCUT2D eigenvalue weighted by Gasteiger charge is 2.35. The number of aromatic amines is 1. The number of rotatable bonds is 6. The van der Waals surface area contributed by atoms with Crippen molar-refractivity contribution in [1.82, 2.24) is 9.55 Å². The van der Waals surface area contributed by atoms with Crippen LogP contribution < -0.4 is 11.2 Å². The minimum atomic E-state index is -0.902. The molecule has 0 unspecified atom stereocenters. The molecule has 0 radical (unpaired) electrons. The lowest BCUT2D eigenvalue weighted by atomic mass is 10.2. The summed E-state index contributed by atoms with van der Waals surface area (Å²) >= 11 is 0. The number of aromatic nitrogens is 2. The Labute approximate surface area is 142 Å². The maximum atomic E-state index is 12.0. The molecule has 1 aromatic heterocycles. The first-order valence-corrected chi connectivity index (χ1v) is 7.77. The van der Waals surface area contributed by atoms with Crippen molar-refractivity contribution < 1.29 is 24.5 Å². The molecule has 0 aromatic carbocycles. The Kier molecular flexibility index (Phi) is 6.45. The second-order valence-electron chi connectivity index (χ2n) is 5.34. The zero-order valence-corrected chi connectivity index (χ0v) is 13.6. The Hall–Kier alpha value is -2.49. The van der Waals surface area contributed by atoms with Gasteiger partial charge in [0.2, 0.25) is 0 Å². The Bertz CT molecular complexity index is 777. The topological polar surface area (TPSA) is 131 Å². The van der Waals surface area contributed by atoms with E-state index < -0.39 is 35.7 Å². The average Bonchev–Trinajstić information content (AvgIpc) is 2.94. The van der Waals surface area contributed by atoms with Crippen molar-refractivity contribution in [2.75, 3.05) is 13.2 Å². The molecule has 0 bridgehead atoms. The molecule has 2 rings (SSSR count). The summed E-state index contributed by atoms with van der Waals surface area (Å²) in [5.74, 6) is -0.505. The van der Waals surface area contributed by atoms with Crippen molar-refractivity contribution in [1.29, 1.82) is 0 Å². The maximum absolute atomic E-state index is 12.0. The molecule has 0 saturated carbocycles. The molecule has 3 N–H and O–H groups in total. The number of carbonyl (C=O) groups excluding carboxylic acids is 1. The molecular weight excluding hydrogens is 332 g/mol.